The normalized spacial score (nSPS) is 23.6. The van der Waals surface area contributed by atoms with E-state index in [1.807, 2.05) is 45.9 Å². The molecule has 1 aliphatic rings. The highest BCUT2D eigenvalue weighted by Gasteiger charge is 2.43. The second-order valence-corrected chi connectivity index (χ2v) is 5.43. The lowest BCUT2D eigenvalue weighted by Crippen LogP contribution is -2.33. The molecule has 96 valence electrons. The lowest BCUT2D eigenvalue weighted by atomic mass is 9.88. The summed E-state index contributed by atoms with van der Waals surface area (Å²) in [6.45, 7) is 7.86. The molecule has 1 aromatic carbocycles. The molecule has 18 heavy (non-hydrogen) atoms. The zero-order valence-electron chi connectivity index (χ0n) is 11.3. The Morgan fingerprint density at radius 3 is 2.33 bits per heavy atom. The molecule has 1 heterocycles. The molecule has 0 aromatic heterocycles. The first kappa shape index (κ1) is 12.8. The number of ketones is 1. The van der Waals surface area contributed by atoms with E-state index in [-0.39, 0.29) is 23.7 Å². The standard InChI is InChI=1S/C15H19NO2/c1-8(2)13-14(17)12(15(18)16-13)11-6-5-9(3)7-10(11)4/h5-8,12-13H,1-4H3,(H,16,18). The Hall–Kier alpha value is -1.64. The monoisotopic (exact) mass is 245 g/mol. The molecule has 0 aliphatic carbocycles. The minimum atomic E-state index is -0.627. The highest BCUT2D eigenvalue weighted by atomic mass is 16.2. The second kappa shape index (κ2) is 4.56. The molecule has 2 atom stereocenters. The first-order chi connectivity index (χ1) is 8.41. The van der Waals surface area contributed by atoms with Gasteiger partial charge in [-0.2, -0.15) is 0 Å². The Labute approximate surface area is 108 Å². The van der Waals surface area contributed by atoms with Crippen LogP contribution in [0.3, 0.4) is 0 Å². The molecular weight excluding hydrogens is 226 g/mol. The van der Waals surface area contributed by atoms with Crippen molar-refractivity contribution in [1.82, 2.24) is 5.32 Å². The van der Waals surface area contributed by atoms with Crippen LogP contribution in [0.1, 0.15) is 36.5 Å². The Morgan fingerprint density at radius 1 is 1.17 bits per heavy atom. The molecule has 3 nitrogen and oxygen atoms in total. The Balaban J connectivity index is 2.39. The van der Waals surface area contributed by atoms with Gasteiger partial charge < -0.3 is 5.32 Å². The molecule has 2 unspecified atom stereocenters. The third kappa shape index (κ3) is 2.05. The van der Waals surface area contributed by atoms with E-state index in [2.05, 4.69) is 5.32 Å². The smallest absolute Gasteiger partial charge is 0.235 e. The Bertz CT molecular complexity index is 505. The second-order valence-electron chi connectivity index (χ2n) is 5.43. The summed E-state index contributed by atoms with van der Waals surface area (Å²) in [6.07, 6.45) is 0. The molecule has 1 aromatic rings. The summed E-state index contributed by atoms with van der Waals surface area (Å²) >= 11 is 0. The number of rotatable bonds is 2. The molecule has 1 N–H and O–H groups in total. The van der Waals surface area contributed by atoms with Gasteiger partial charge in [0.1, 0.15) is 5.92 Å². The Kier molecular flexibility index (Phi) is 3.24. The van der Waals surface area contributed by atoms with Crippen LogP contribution in [0.4, 0.5) is 0 Å². The number of amides is 1. The van der Waals surface area contributed by atoms with Crippen molar-refractivity contribution in [1.29, 1.82) is 0 Å². The third-order valence-corrected chi connectivity index (χ3v) is 3.55. The number of Topliss-reactive ketones (excluding diaryl/α,β-unsaturated/α-hetero) is 1. The minimum absolute atomic E-state index is 0.00181. The summed E-state index contributed by atoms with van der Waals surface area (Å²) < 4.78 is 0. The van der Waals surface area contributed by atoms with Crippen molar-refractivity contribution in [3.8, 4) is 0 Å². The molecule has 2 rings (SSSR count). The van der Waals surface area contributed by atoms with E-state index in [4.69, 9.17) is 0 Å². The quantitative estimate of drug-likeness (QED) is 0.811. The zero-order valence-corrected chi connectivity index (χ0v) is 11.3. The number of nitrogens with one attached hydrogen (secondary N) is 1. The van der Waals surface area contributed by atoms with Gasteiger partial charge in [-0.3, -0.25) is 9.59 Å². The van der Waals surface area contributed by atoms with Crippen molar-refractivity contribution >= 4 is 11.7 Å². The maximum Gasteiger partial charge on any atom is 0.235 e. The summed E-state index contributed by atoms with van der Waals surface area (Å²) in [7, 11) is 0. The van der Waals surface area contributed by atoms with E-state index in [1.54, 1.807) is 0 Å². The highest BCUT2D eigenvalue weighted by Crippen LogP contribution is 2.29. The van der Waals surface area contributed by atoms with Gasteiger partial charge in [0.15, 0.2) is 5.78 Å². The van der Waals surface area contributed by atoms with Crippen LogP contribution in [0, 0.1) is 19.8 Å². The number of carbonyl (C=O) groups excluding carboxylic acids is 2. The maximum absolute atomic E-state index is 12.3. The summed E-state index contributed by atoms with van der Waals surface area (Å²) in [4.78, 5) is 24.3. The zero-order chi connectivity index (χ0) is 13.4. The average molecular weight is 245 g/mol. The maximum atomic E-state index is 12.3. The first-order valence-electron chi connectivity index (χ1n) is 6.33. The fourth-order valence-corrected chi connectivity index (χ4v) is 2.56. The third-order valence-electron chi connectivity index (χ3n) is 3.55. The van der Waals surface area contributed by atoms with Crippen LogP contribution in [-0.2, 0) is 9.59 Å². The number of carbonyl (C=O) groups is 2. The van der Waals surface area contributed by atoms with Crippen molar-refractivity contribution in [3.63, 3.8) is 0 Å². The molecular formula is C15H19NO2. The van der Waals surface area contributed by atoms with Crippen LogP contribution in [-0.4, -0.2) is 17.7 Å². The van der Waals surface area contributed by atoms with Gasteiger partial charge in [0.25, 0.3) is 0 Å². The molecule has 1 aliphatic heterocycles. The van der Waals surface area contributed by atoms with E-state index < -0.39 is 5.92 Å². The van der Waals surface area contributed by atoms with Gasteiger partial charge in [0.05, 0.1) is 6.04 Å². The van der Waals surface area contributed by atoms with Crippen molar-refractivity contribution in [2.45, 2.75) is 39.7 Å². The Morgan fingerprint density at radius 2 is 1.83 bits per heavy atom. The van der Waals surface area contributed by atoms with Crippen LogP contribution >= 0.6 is 0 Å². The SMILES string of the molecule is Cc1ccc(C2C(=O)NC(C(C)C)C2=O)c(C)c1. The van der Waals surface area contributed by atoms with E-state index in [0.29, 0.717) is 0 Å². The first-order valence-corrected chi connectivity index (χ1v) is 6.33. The minimum Gasteiger partial charge on any atom is -0.345 e. The van der Waals surface area contributed by atoms with Crippen molar-refractivity contribution < 1.29 is 9.59 Å². The molecule has 3 heteroatoms. The van der Waals surface area contributed by atoms with Gasteiger partial charge in [0, 0.05) is 0 Å². The lowest BCUT2D eigenvalue weighted by molar-refractivity contribution is -0.124. The predicted molar refractivity (Wildman–Crippen MR) is 70.4 cm³/mol. The van der Waals surface area contributed by atoms with Gasteiger partial charge in [-0.05, 0) is 30.9 Å². The molecule has 1 fully saturated rings. The molecule has 0 radical (unpaired) electrons. The van der Waals surface area contributed by atoms with Crippen molar-refractivity contribution in [3.05, 3.63) is 34.9 Å². The number of aryl methyl sites for hydroxylation is 2. The lowest BCUT2D eigenvalue weighted by Gasteiger charge is -2.13. The number of hydrogen-bond acceptors (Lipinski definition) is 2. The van der Waals surface area contributed by atoms with Crippen LogP contribution in [0.15, 0.2) is 18.2 Å². The summed E-state index contributed by atoms with van der Waals surface area (Å²) in [5.41, 5.74) is 2.99. The van der Waals surface area contributed by atoms with Crippen LogP contribution < -0.4 is 5.32 Å². The molecule has 1 amide bonds. The highest BCUT2D eigenvalue weighted by molar-refractivity contribution is 6.15. The van der Waals surface area contributed by atoms with E-state index >= 15 is 0 Å². The van der Waals surface area contributed by atoms with E-state index in [1.165, 1.54) is 0 Å². The van der Waals surface area contributed by atoms with Crippen molar-refractivity contribution in [2.75, 3.05) is 0 Å². The van der Waals surface area contributed by atoms with Gasteiger partial charge >= 0.3 is 0 Å². The van der Waals surface area contributed by atoms with Gasteiger partial charge in [0.2, 0.25) is 5.91 Å². The van der Waals surface area contributed by atoms with Crippen molar-refractivity contribution in [2.24, 2.45) is 5.92 Å². The summed E-state index contributed by atoms with van der Waals surface area (Å²) in [5.74, 6) is -0.650. The molecule has 0 saturated carbocycles. The largest absolute Gasteiger partial charge is 0.345 e. The van der Waals surface area contributed by atoms with Crippen LogP contribution in [0.5, 0.6) is 0 Å². The fraction of sp³-hybridized carbons (Fsp3) is 0.467. The predicted octanol–water partition coefficient (Wildman–Crippen LogP) is 2.11. The average Bonchev–Trinajstić information content (AvgIpc) is 2.56. The summed E-state index contributed by atoms with van der Waals surface area (Å²) in [5, 5.41) is 2.81. The van der Waals surface area contributed by atoms with Crippen LogP contribution in [0.2, 0.25) is 0 Å². The van der Waals surface area contributed by atoms with E-state index in [0.717, 1.165) is 16.7 Å². The molecule has 1 saturated heterocycles. The number of benzene rings is 1. The molecule has 0 bridgehead atoms. The van der Waals surface area contributed by atoms with E-state index in [9.17, 15) is 9.59 Å². The van der Waals surface area contributed by atoms with Gasteiger partial charge in [-0.25, -0.2) is 0 Å². The van der Waals surface area contributed by atoms with Gasteiger partial charge in [-0.15, -0.1) is 0 Å². The van der Waals surface area contributed by atoms with Gasteiger partial charge in [-0.1, -0.05) is 37.6 Å². The fourth-order valence-electron chi connectivity index (χ4n) is 2.56. The van der Waals surface area contributed by atoms with Crippen LogP contribution in [0.25, 0.3) is 0 Å². The number of hydrogen-bond donors (Lipinski definition) is 1. The topological polar surface area (TPSA) is 46.2 Å². The molecule has 0 spiro atoms. The summed E-state index contributed by atoms with van der Waals surface area (Å²) in [6, 6.07) is 5.52.